The number of rotatable bonds is 7. The molecule has 2 aliphatic rings. The summed E-state index contributed by atoms with van der Waals surface area (Å²) in [6.07, 6.45) is 3.81. The van der Waals surface area contributed by atoms with Crippen molar-refractivity contribution < 1.29 is 18.0 Å². The number of amides is 1. The molecular formula is C23H23F3N6O. The predicted octanol–water partition coefficient (Wildman–Crippen LogP) is 4.57. The number of alkyl halides is 3. The van der Waals surface area contributed by atoms with Crippen molar-refractivity contribution in [3.8, 4) is 5.95 Å². The van der Waals surface area contributed by atoms with Crippen LogP contribution in [-0.2, 0) is 6.18 Å². The van der Waals surface area contributed by atoms with E-state index >= 15 is 0 Å². The highest BCUT2D eigenvalue weighted by Gasteiger charge is 2.36. The van der Waals surface area contributed by atoms with Gasteiger partial charge in [0.25, 0.3) is 11.9 Å². The quantitative estimate of drug-likeness (QED) is 0.521. The van der Waals surface area contributed by atoms with Crippen LogP contribution in [0.3, 0.4) is 0 Å². The minimum atomic E-state index is -4.51. The van der Waals surface area contributed by atoms with E-state index in [1.54, 1.807) is 36.4 Å². The molecule has 2 fully saturated rings. The Morgan fingerprint density at radius 1 is 1.12 bits per heavy atom. The van der Waals surface area contributed by atoms with E-state index in [1.165, 1.54) is 17.1 Å². The standard InChI is InChI=1S/C23H23F3N6O/c1-14(20-29-13-32(30-20)22-27-7-2-8-28-22)31(12-15-3-4-15)21(33)18-9-17(16-5-6-16)10-19(11-18)23(24,25)26/h2,7-11,13-16H,3-6,12H2,1H3. The van der Waals surface area contributed by atoms with E-state index in [4.69, 9.17) is 0 Å². The molecule has 2 saturated carbocycles. The minimum absolute atomic E-state index is 0.0602. The molecule has 1 amide bonds. The van der Waals surface area contributed by atoms with Crippen LogP contribution in [0.1, 0.15) is 71.9 Å². The van der Waals surface area contributed by atoms with E-state index in [2.05, 4.69) is 20.1 Å². The van der Waals surface area contributed by atoms with E-state index in [0.717, 1.165) is 31.7 Å². The van der Waals surface area contributed by atoms with Crippen molar-refractivity contribution in [2.45, 2.75) is 50.7 Å². The van der Waals surface area contributed by atoms with Gasteiger partial charge in [0.1, 0.15) is 6.33 Å². The molecule has 2 heterocycles. The van der Waals surface area contributed by atoms with E-state index < -0.39 is 23.7 Å². The lowest BCUT2D eigenvalue weighted by Crippen LogP contribution is -2.36. The maximum atomic E-state index is 13.5. The lowest BCUT2D eigenvalue weighted by atomic mass is 10.0. The Bertz CT molecular complexity index is 1150. The zero-order chi connectivity index (χ0) is 23.2. The molecule has 172 valence electrons. The number of aromatic nitrogens is 5. The average Bonchev–Trinajstić information content (AvgIpc) is 3.75. The van der Waals surface area contributed by atoms with Crippen molar-refractivity contribution in [1.29, 1.82) is 0 Å². The molecule has 0 bridgehead atoms. The monoisotopic (exact) mass is 456 g/mol. The number of carbonyl (C=O) groups is 1. The molecule has 0 spiro atoms. The molecule has 3 aromatic rings. The number of hydrogen-bond acceptors (Lipinski definition) is 5. The molecule has 33 heavy (non-hydrogen) atoms. The van der Waals surface area contributed by atoms with Crippen LogP contribution >= 0.6 is 0 Å². The molecule has 1 unspecified atom stereocenters. The minimum Gasteiger partial charge on any atom is -0.328 e. The van der Waals surface area contributed by atoms with Crippen LogP contribution in [0, 0.1) is 5.92 Å². The second-order valence-corrected chi connectivity index (χ2v) is 8.79. The van der Waals surface area contributed by atoms with Crippen LogP contribution in [-0.4, -0.2) is 42.1 Å². The summed E-state index contributed by atoms with van der Waals surface area (Å²) in [7, 11) is 0. The largest absolute Gasteiger partial charge is 0.416 e. The fourth-order valence-electron chi connectivity index (χ4n) is 3.87. The van der Waals surface area contributed by atoms with Crippen molar-refractivity contribution in [3.63, 3.8) is 0 Å². The van der Waals surface area contributed by atoms with Gasteiger partial charge in [-0.3, -0.25) is 4.79 Å². The number of halogens is 3. The first kappa shape index (κ1) is 21.5. The van der Waals surface area contributed by atoms with Crippen LogP contribution in [0.4, 0.5) is 13.2 Å². The summed E-state index contributed by atoms with van der Waals surface area (Å²) >= 11 is 0. The second-order valence-electron chi connectivity index (χ2n) is 8.79. The highest BCUT2D eigenvalue weighted by molar-refractivity contribution is 5.95. The Morgan fingerprint density at radius 2 is 1.85 bits per heavy atom. The summed E-state index contributed by atoms with van der Waals surface area (Å²) in [6, 6.07) is 4.91. The Morgan fingerprint density at radius 3 is 2.48 bits per heavy atom. The van der Waals surface area contributed by atoms with Crippen LogP contribution < -0.4 is 0 Å². The number of benzene rings is 1. The van der Waals surface area contributed by atoms with Crippen molar-refractivity contribution in [2.75, 3.05) is 6.54 Å². The molecule has 0 N–H and O–H groups in total. The van der Waals surface area contributed by atoms with Crippen molar-refractivity contribution in [1.82, 2.24) is 29.6 Å². The first-order valence-electron chi connectivity index (χ1n) is 11.0. The zero-order valence-electron chi connectivity index (χ0n) is 18.0. The average molecular weight is 456 g/mol. The summed E-state index contributed by atoms with van der Waals surface area (Å²) in [6.45, 7) is 2.24. The molecule has 0 saturated heterocycles. The molecule has 1 atom stereocenters. The number of hydrogen-bond donors (Lipinski definition) is 0. The maximum absolute atomic E-state index is 13.5. The Labute approximate surface area is 188 Å². The van der Waals surface area contributed by atoms with Gasteiger partial charge in [0.2, 0.25) is 0 Å². The van der Waals surface area contributed by atoms with Crippen LogP contribution in [0.5, 0.6) is 0 Å². The van der Waals surface area contributed by atoms with E-state index in [9.17, 15) is 18.0 Å². The van der Waals surface area contributed by atoms with E-state index in [-0.39, 0.29) is 11.5 Å². The van der Waals surface area contributed by atoms with Crippen LogP contribution in [0.15, 0.2) is 43.0 Å². The Kier molecular flexibility index (Phi) is 5.38. The third kappa shape index (κ3) is 4.74. The van der Waals surface area contributed by atoms with Gasteiger partial charge in [0.05, 0.1) is 11.6 Å². The molecule has 7 nitrogen and oxygen atoms in total. The van der Waals surface area contributed by atoms with E-state index in [1.807, 2.05) is 0 Å². The van der Waals surface area contributed by atoms with Gasteiger partial charge in [-0.1, -0.05) is 0 Å². The van der Waals surface area contributed by atoms with Gasteiger partial charge in [0, 0.05) is 24.5 Å². The van der Waals surface area contributed by atoms with Crippen LogP contribution in [0.25, 0.3) is 5.95 Å². The maximum Gasteiger partial charge on any atom is 0.416 e. The molecule has 2 aliphatic carbocycles. The summed E-state index contributed by atoms with van der Waals surface area (Å²) in [5.41, 5.74) is -0.140. The third-order valence-corrected chi connectivity index (χ3v) is 6.10. The highest BCUT2D eigenvalue weighted by atomic mass is 19.4. The summed E-state index contributed by atoms with van der Waals surface area (Å²) in [4.78, 5) is 27.7. The molecule has 0 aliphatic heterocycles. The van der Waals surface area contributed by atoms with Gasteiger partial charge in [-0.2, -0.15) is 17.9 Å². The first-order valence-corrected chi connectivity index (χ1v) is 11.0. The fraction of sp³-hybridized carbons (Fsp3) is 0.435. The van der Waals surface area contributed by atoms with Gasteiger partial charge in [0.15, 0.2) is 5.82 Å². The number of carbonyl (C=O) groups excluding carboxylic acids is 1. The summed E-state index contributed by atoms with van der Waals surface area (Å²) < 4.78 is 42.1. The topological polar surface area (TPSA) is 76.8 Å². The van der Waals surface area contributed by atoms with Crippen molar-refractivity contribution in [3.05, 3.63) is 65.5 Å². The molecule has 2 aromatic heterocycles. The van der Waals surface area contributed by atoms with Gasteiger partial charge in [-0.15, -0.1) is 5.10 Å². The molecule has 1 aromatic carbocycles. The van der Waals surface area contributed by atoms with Crippen molar-refractivity contribution >= 4 is 5.91 Å². The lowest BCUT2D eigenvalue weighted by molar-refractivity contribution is -0.137. The van der Waals surface area contributed by atoms with Gasteiger partial charge in [-0.25, -0.2) is 15.0 Å². The number of nitrogens with zero attached hydrogens (tertiary/aromatic N) is 6. The molecular weight excluding hydrogens is 433 g/mol. The van der Waals surface area contributed by atoms with E-state index in [0.29, 0.717) is 29.8 Å². The summed E-state index contributed by atoms with van der Waals surface area (Å²) in [5, 5.41) is 4.42. The zero-order valence-corrected chi connectivity index (χ0v) is 18.0. The van der Waals surface area contributed by atoms with Crippen LogP contribution in [0.2, 0.25) is 0 Å². The fourth-order valence-corrected chi connectivity index (χ4v) is 3.87. The Balaban J connectivity index is 1.46. The van der Waals surface area contributed by atoms with Crippen molar-refractivity contribution in [2.24, 2.45) is 5.92 Å². The summed E-state index contributed by atoms with van der Waals surface area (Å²) in [5.74, 6) is 0.720. The molecule has 10 heteroatoms. The SMILES string of the molecule is CC(c1ncn(-c2ncccn2)n1)N(CC1CC1)C(=O)c1cc(C2CC2)cc(C(F)(F)F)c1. The smallest absolute Gasteiger partial charge is 0.328 e. The molecule has 0 radical (unpaired) electrons. The molecule has 5 rings (SSSR count). The predicted molar refractivity (Wildman–Crippen MR) is 113 cm³/mol. The lowest BCUT2D eigenvalue weighted by Gasteiger charge is -2.28. The second kappa shape index (κ2) is 8.24. The third-order valence-electron chi connectivity index (χ3n) is 6.10. The highest BCUT2D eigenvalue weighted by Crippen LogP contribution is 2.43. The Hall–Kier alpha value is -3.30. The first-order chi connectivity index (χ1) is 15.8. The normalized spacial score (nSPS) is 17.1. The van der Waals surface area contributed by atoms with Gasteiger partial charge >= 0.3 is 6.18 Å². The van der Waals surface area contributed by atoms with Gasteiger partial charge < -0.3 is 4.90 Å². The van der Waals surface area contributed by atoms with Gasteiger partial charge in [-0.05, 0) is 74.3 Å².